The number of benzene rings is 2. The van der Waals surface area contributed by atoms with Gasteiger partial charge in [-0.3, -0.25) is 4.99 Å². The number of phenolic OH excluding ortho intramolecular Hbond substituents is 1. The van der Waals surface area contributed by atoms with Gasteiger partial charge >= 0.3 is 20.4 Å². The molecule has 1 unspecified atom stereocenters. The third-order valence-corrected chi connectivity index (χ3v) is 3.62. The fourth-order valence-corrected chi connectivity index (χ4v) is 1.61. The van der Waals surface area contributed by atoms with Crippen LogP contribution in [0.3, 0.4) is 0 Å². The van der Waals surface area contributed by atoms with Crippen molar-refractivity contribution < 1.29 is 25.5 Å². The first-order valence-electron chi connectivity index (χ1n) is 8.02. The first-order valence-corrected chi connectivity index (χ1v) is 8.02. The summed E-state index contributed by atoms with van der Waals surface area (Å²) in [6.45, 7) is 17.1. The Morgan fingerprint density at radius 1 is 1.08 bits per heavy atom. The van der Waals surface area contributed by atoms with Gasteiger partial charge in [0.15, 0.2) is 0 Å². The maximum Gasteiger partial charge on any atom is 2.00 e. The molecule has 136 valence electrons. The summed E-state index contributed by atoms with van der Waals surface area (Å²) in [7, 11) is 0. The Balaban J connectivity index is 0.000000620. The molecule has 0 aliphatic rings. The molecule has 0 spiro atoms. The van der Waals surface area contributed by atoms with Crippen molar-refractivity contribution in [3.05, 3.63) is 84.8 Å². The molecule has 2 rings (SSSR count). The van der Waals surface area contributed by atoms with Crippen LogP contribution in [-0.4, -0.2) is 11.3 Å². The SMILES string of the molecule is CC(N=Cc1ccccc1O)c1ccccc1.[CH-]=C([CH2-])C(C)(C)C.[Pd+2]. The number of phenols is 1. The van der Waals surface area contributed by atoms with Gasteiger partial charge in [0, 0.05) is 11.8 Å². The zero-order valence-electron chi connectivity index (χ0n) is 15.3. The molecule has 25 heavy (non-hydrogen) atoms. The van der Waals surface area contributed by atoms with E-state index in [-0.39, 0.29) is 37.6 Å². The van der Waals surface area contributed by atoms with Crippen molar-refractivity contribution in [3.8, 4) is 5.75 Å². The molecule has 0 radical (unpaired) electrons. The molecular weight excluding hydrogens is 401 g/mol. The first kappa shape index (κ1) is 23.2. The molecule has 3 heteroatoms. The fourth-order valence-electron chi connectivity index (χ4n) is 1.61. The van der Waals surface area contributed by atoms with E-state index in [1.807, 2.05) is 70.2 Å². The Morgan fingerprint density at radius 2 is 1.56 bits per heavy atom. The number of hydrogen-bond acceptors (Lipinski definition) is 2. The smallest absolute Gasteiger partial charge is 0.545 e. The van der Waals surface area contributed by atoms with E-state index in [0.717, 1.165) is 11.1 Å². The summed E-state index contributed by atoms with van der Waals surface area (Å²) in [5.74, 6) is 0.261. The molecule has 0 heterocycles. The molecule has 0 aliphatic carbocycles. The zero-order valence-corrected chi connectivity index (χ0v) is 16.9. The van der Waals surface area contributed by atoms with Crippen molar-refractivity contribution in [1.82, 2.24) is 0 Å². The van der Waals surface area contributed by atoms with Crippen molar-refractivity contribution >= 4 is 6.21 Å². The Bertz CT molecular complexity index is 672. The van der Waals surface area contributed by atoms with E-state index in [0.29, 0.717) is 0 Å². The summed E-state index contributed by atoms with van der Waals surface area (Å²) in [4.78, 5) is 4.44. The number of aromatic hydroxyl groups is 1. The normalized spacial score (nSPS) is 11.8. The van der Waals surface area contributed by atoms with Gasteiger partial charge in [-0.1, -0.05) is 68.7 Å². The van der Waals surface area contributed by atoms with Crippen LogP contribution in [0.2, 0.25) is 0 Å². The van der Waals surface area contributed by atoms with Crippen LogP contribution in [0.1, 0.15) is 44.9 Å². The van der Waals surface area contributed by atoms with Crippen LogP contribution in [0, 0.1) is 18.9 Å². The largest absolute Gasteiger partial charge is 2.00 e. The van der Waals surface area contributed by atoms with Gasteiger partial charge < -0.3 is 24.2 Å². The second-order valence-corrected chi connectivity index (χ2v) is 6.70. The average Bonchev–Trinajstić information content (AvgIpc) is 2.54. The summed E-state index contributed by atoms with van der Waals surface area (Å²) in [5.41, 5.74) is 2.74. The minimum atomic E-state index is 0. The van der Waals surface area contributed by atoms with E-state index >= 15 is 0 Å². The van der Waals surface area contributed by atoms with Crippen LogP contribution in [0.25, 0.3) is 0 Å². The van der Waals surface area contributed by atoms with Crippen LogP contribution >= 0.6 is 0 Å². The molecule has 1 N–H and O–H groups in total. The van der Waals surface area contributed by atoms with Crippen molar-refractivity contribution in [2.24, 2.45) is 10.4 Å². The number of aliphatic imine (C=N–C) groups is 1. The maximum absolute atomic E-state index is 9.60. The van der Waals surface area contributed by atoms with E-state index in [4.69, 9.17) is 6.58 Å². The van der Waals surface area contributed by atoms with Gasteiger partial charge in [0.05, 0.1) is 6.04 Å². The molecule has 0 amide bonds. The first-order chi connectivity index (χ1) is 11.2. The van der Waals surface area contributed by atoms with Crippen LogP contribution in [0.4, 0.5) is 0 Å². The predicted molar refractivity (Wildman–Crippen MR) is 103 cm³/mol. The number of allylic oxidation sites excluding steroid dienone is 1. The third kappa shape index (κ3) is 8.72. The number of nitrogens with zero attached hydrogens (tertiary/aromatic N) is 1. The van der Waals surface area contributed by atoms with Crippen LogP contribution in [-0.2, 0) is 20.4 Å². The number of rotatable bonds is 3. The second-order valence-electron chi connectivity index (χ2n) is 6.70. The molecule has 2 aromatic rings. The van der Waals surface area contributed by atoms with Gasteiger partial charge in [-0.15, -0.1) is 0 Å². The van der Waals surface area contributed by atoms with E-state index in [1.54, 1.807) is 18.3 Å². The Kier molecular flexibility index (Phi) is 10.1. The fraction of sp³-hybridized carbons (Fsp3) is 0.273. The summed E-state index contributed by atoms with van der Waals surface area (Å²) >= 11 is 0. The molecule has 1 atom stereocenters. The Labute approximate surface area is 166 Å². The Hall–Kier alpha value is -1.82. The minimum Gasteiger partial charge on any atom is -0.545 e. The molecule has 0 aliphatic heterocycles. The van der Waals surface area contributed by atoms with Crippen molar-refractivity contribution in [2.45, 2.75) is 33.7 Å². The molecule has 0 saturated carbocycles. The van der Waals surface area contributed by atoms with Gasteiger partial charge in [0.2, 0.25) is 0 Å². The van der Waals surface area contributed by atoms with Gasteiger partial charge in [-0.25, -0.2) is 0 Å². The summed E-state index contributed by atoms with van der Waals surface area (Å²) < 4.78 is 0. The van der Waals surface area contributed by atoms with Crippen LogP contribution in [0.5, 0.6) is 5.75 Å². The maximum atomic E-state index is 9.60. The number of para-hydroxylation sites is 1. The quantitative estimate of drug-likeness (QED) is 0.375. The zero-order chi connectivity index (χ0) is 18.2. The minimum absolute atomic E-state index is 0. The van der Waals surface area contributed by atoms with Gasteiger partial charge in [-0.2, -0.15) is 0 Å². The average molecular weight is 428 g/mol. The van der Waals surface area contributed by atoms with Gasteiger partial charge in [0.1, 0.15) is 5.75 Å². The van der Waals surface area contributed by atoms with Crippen LogP contribution < -0.4 is 0 Å². The molecule has 0 fully saturated rings. The van der Waals surface area contributed by atoms with E-state index in [1.165, 1.54) is 5.56 Å². The van der Waals surface area contributed by atoms with Gasteiger partial charge in [0.25, 0.3) is 0 Å². The molecule has 0 saturated heterocycles. The second kappa shape index (κ2) is 10.9. The molecule has 2 nitrogen and oxygen atoms in total. The van der Waals surface area contributed by atoms with E-state index in [2.05, 4.69) is 11.9 Å². The molecule has 2 aromatic carbocycles. The standard InChI is InChI=1S/C15H15NO.C7H12.Pd/c1-12(13-7-3-2-4-8-13)16-11-14-9-5-6-10-15(14)17;1-6(2)7(3,4)5;/h2-12,17H,1H3;1H,2H2,3-5H3;/q;-2;+2. The summed E-state index contributed by atoms with van der Waals surface area (Å²) in [6.07, 6.45) is 1.72. The Morgan fingerprint density at radius 3 is 2.04 bits per heavy atom. The molecule has 0 aromatic heterocycles. The van der Waals surface area contributed by atoms with Gasteiger partial charge in [-0.05, 0) is 24.6 Å². The topological polar surface area (TPSA) is 32.6 Å². The van der Waals surface area contributed by atoms with E-state index in [9.17, 15) is 5.11 Å². The molecule has 0 bridgehead atoms. The monoisotopic (exact) mass is 427 g/mol. The van der Waals surface area contributed by atoms with Crippen LogP contribution in [0.15, 0.2) is 65.2 Å². The van der Waals surface area contributed by atoms with Crippen molar-refractivity contribution in [3.63, 3.8) is 0 Å². The van der Waals surface area contributed by atoms with Crippen molar-refractivity contribution in [2.75, 3.05) is 0 Å². The third-order valence-electron chi connectivity index (χ3n) is 3.62. The van der Waals surface area contributed by atoms with Crippen molar-refractivity contribution in [1.29, 1.82) is 0 Å². The van der Waals surface area contributed by atoms with E-state index < -0.39 is 0 Å². The summed E-state index contributed by atoms with van der Waals surface area (Å²) in [5, 5.41) is 9.60. The summed E-state index contributed by atoms with van der Waals surface area (Å²) in [6, 6.07) is 17.4. The predicted octanol–water partition coefficient (Wildman–Crippen LogP) is 5.80. The molecular formula is C22H27NOPd. The number of hydrogen-bond donors (Lipinski definition) is 1.